The minimum Gasteiger partial charge on any atom is -0.337 e. The Morgan fingerprint density at radius 3 is 2.64 bits per heavy atom. The summed E-state index contributed by atoms with van der Waals surface area (Å²) < 4.78 is 0. The monoisotopic (exact) mass is 354 g/mol. The van der Waals surface area contributed by atoms with Crippen molar-refractivity contribution in [2.45, 2.75) is 38.6 Å². The van der Waals surface area contributed by atoms with Crippen molar-refractivity contribution in [1.29, 1.82) is 0 Å². The van der Waals surface area contributed by atoms with Gasteiger partial charge in [-0.05, 0) is 49.3 Å². The van der Waals surface area contributed by atoms with E-state index in [0.29, 0.717) is 0 Å². The van der Waals surface area contributed by atoms with Crippen LogP contribution in [0.25, 0.3) is 0 Å². The van der Waals surface area contributed by atoms with E-state index < -0.39 is 0 Å². The molecule has 1 aliphatic carbocycles. The first-order chi connectivity index (χ1) is 12.3. The zero-order chi connectivity index (χ0) is 17.1. The summed E-state index contributed by atoms with van der Waals surface area (Å²) in [5, 5.41) is 0. The normalized spacial score (nSPS) is 18.6. The molecule has 1 amide bonds. The molecule has 132 valence electrons. The molecule has 0 atom stereocenters. The lowest BCUT2D eigenvalue weighted by atomic mass is 9.99. The summed E-state index contributed by atoms with van der Waals surface area (Å²) in [6.45, 7) is 4.74. The largest absolute Gasteiger partial charge is 0.337 e. The van der Waals surface area contributed by atoms with Gasteiger partial charge in [-0.3, -0.25) is 9.69 Å². The molecule has 0 unspecified atom stereocenters. The summed E-state index contributed by atoms with van der Waals surface area (Å²) in [6.07, 6.45) is 5.93. The Hall–Kier alpha value is -1.65. The highest BCUT2D eigenvalue weighted by atomic mass is 32.1. The molecule has 0 saturated carbocycles. The van der Waals surface area contributed by atoms with Crippen LogP contribution in [0.2, 0.25) is 0 Å². The molecule has 0 bridgehead atoms. The summed E-state index contributed by atoms with van der Waals surface area (Å²) in [7, 11) is 0. The number of nitrogens with zero attached hydrogens (tertiary/aromatic N) is 2. The highest BCUT2D eigenvalue weighted by Crippen LogP contribution is 2.30. The Morgan fingerprint density at radius 1 is 0.960 bits per heavy atom. The van der Waals surface area contributed by atoms with Gasteiger partial charge in [-0.25, -0.2) is 0 Å². The van der Waals surface area contributed by atoms with Crippen LogP contribution < -0.4 is 0 Å². The first-order valence-electron chi connectivity index (χ1n) is 9.47. The van der Waals surface area contributed by atoms with Crippen LogP contribution >= 0.6 is 11.3 Å². The van der Waals surface area contributed by atoms with Crippen LogP contribution in [0.1, 0.15) is 44.9 Å². The summed E-state index contributed by atoms with van der Waals surface area (Å²) >= 11 is 1.74. The maximum atomic E-state index is 13.0. The van der Waals surface area contributed by atoms with Gasteiger partial charge in [0.15, 0.2) is 0 Å². The molecule has 1 saturated heterocycles. The second-order valence-corrected chi connectivity index (χ2v) is 8.31. The van der Waals surface area contributed by atoms with Crippen LogP contribution in [-0.4, -0.2) is 41.9 Å². The van der Waals surface area contributed by atoms with Gasteiger partial charge in [-0.2, -0.15) is 0 Å². The summed E-state index contributed by atoms with van der Waals surface area (Å²) in [6, 6.07) is 12.8. The smallest absolute Gasteiger partial charge is 0.263 e. The number of hydrogen-bond donors (Lipinski definition) is 0. The van der Waals surface area contributed by atoms with Crippen molar-refractivity contribution in [1.82, 2.24) is 9.80 Å². The standard InChI is InChI=1S/C21H26N2OS/c24-21(20-15-18-9-4-5-10-19(18)25-20)23-12-6-11-22(13-14-23)16-17-7-2-1-3-8-17/h1-3,7-8,15H,4-6,9-14,16H2. The Morgan fingerprint density at radius 2 is 1.80 bits per heavy atom. The molecule has 2 heterocycles. The lowest BCUT2D eigenvalue weighted by Gasteiger charge is -2.21. The van der Waals surface area contributed by atoms with Crippen molar-refractivity contribution in [2.24, 2.45) is 0 Å². The minimum absolute atomic E-state index is 0.251. The zero-order valence-corrected chi connectivity index (χ0v) is 15.6. The second kappa shape index (κ2) is 7.71. The van der Waals surface area contributed by atoms with Crippen LogP contribution in [0.4, 0.5) is 0 Å². The maximum absolute atomic E-state index is 13.0. The van der Waals surface area contributed by atoms with E-state index in [4.69, 9.17) is 0 Å². The Bertz CT molecular complexity index is 701. The number of hydrogen-bond acceptors (Lipinski definition) is 3. The van der Waals surface area contributed by atoms with Gasteiger partial charge in [0.05, 0.1) is 4.88 Å². The predicted molar refractivity (Wildman–Crippen MR) is 103 cm³/mol. The van der Waals surface area contributed by atoms with Gasteiger partial charge in [0, 0.05) is 37.6 Å². The third kappa shape index (κ3) is 3.96. The molecule has 1 aromatic heterocycles. The average molecular weight is 355 g/mol. The number of fused-ring (bicyclic) bond motifs is 1. The molecule has 0 radical (unpaired) electrons. The van der Waals surface area contributed by atoms with Crippen molar-refractivity contribution in [3.05, 3.63) is 57.3 Å². The zero-order valence-electron chi connectivity index (χ0n) is 14.7. The minimum atomic E-state index is 0.251. The number of amides is 1. The van der Waals surface area contributed by atoms with Gasteiger partial charge in [0.1, 0.15) is 0 Å². The molecule has 25 heavy (non-hydrogen) atoms. The number of rotatable bonds is 3. The molecule has 0 spiro atoms. The van der Waals surface area contributed by atoms with Crippen molar-refractivity contribution < 1.29 is 4.79 Å². The SMILES string of the molecule is O=C(c1cc2c(s1)CCCC2)N1CCCN(Cc2ccccc2)CC1. The lowest BCUT2D eigenvalue weighted by molar-refractivity contribution is 0.0766. The molecule has 2 aliphatic rings. The van der Waals surface area contributed by atoms with Crippen molar-refractivity contribution >= 4 is 17.2 Å². The Balaban J connectivity index is 1.38. The quantitative estimate of drug-likeness (QED) is 0.832. The number of benzene rings is 1. The molecule has 2 aromatic rings. The first-order valence-corrected chi connectivity index (χ1v) is 10.3. The number of carbonyl (C=O) groups excluding carboxylic acids is 1. The van der Waals surface area contributed by atoms with Crippen LogP contribution in [0.3, 0.4) is 0 Å². The number of thiophene rings is 1. The van der Waals surface area contributed by atoms with E-state index in [1.807, 2.05) is 0 Å². The highest BCUT2D eigenvalue weighted by Gasteiger charge is 2.23. The van der Waals surface area contributed by atoms with Gasteiger partial charge in [0.25, 0.3) is 5.91 Å². The number of aryl methyl sites for hydroxylation is 2. The second-order valence-electron chi connectivity index (χ2n) is 7.17. The molecular formula is C21H26N2OS. The molecule has 3 nitrogen and oxygen atoms in total. The molecule has 4 rings (SSSR count). The molecular weight excluding hydrogens is 328 g/mol. The lowest BCUT2D eigenvalue weighted by Crippen LogP contribution is -2.34. The van der Waals surface area contributed by atoms with Crippen molar-refractivity contribution in [2.75, 3.05) is 26.2 Å². The fraction of sp³-hybridized carbons (Fsp3) is 0.476. The fourth-order valence-electron chi connectivity index (χ4n) is 3.93. The molecule has 0 N–H and O–H groups in total. The Labute approximate surface area is 154 Å². The van der Waals surface area contributed by atoms with Gasteiger partial charge >= 0.3 is 0 Å². The van der Waals surface area contributed by atoms with Crippen molar-refractivity contribution in [3.63, 3.8) is 0 Å². The van der Waals surface area contributed by atoms with Crippen LogP contribution in [0.5, 0.6) is 0 Å². The third-order valence-electron chi connectivity index (χ3n) is 5.33. The Kier molecular flexibility index (Phi) is 5.18. The van der Waals surface area contributed by atoms with E-state index in [0.717, 1.165) is 56.9 Å². The highest BCUT2D eigenvalue weighted by molar-refractivity contribution is 7.14. The van der Waals surface area contributed by atoms with Gasteiger partial charge in [0.2, 0.25) is 0 Å². The van der Waals surface area contributed by atoms with E-state index in [1.54, 1.807) is 11.3 Å². The van der Waals surface area contributed by atoms with Crippen LogP contribution in [-0.2, 0) is 19.4 Å². The van der Waals surface area contributed by atoms with Gasteiger partial charge in [-0.15, -0.1) is 11.3 Å². The van der Waals surface area contributed by atoms with E-state index in [1.165, 1.54) is 28.8 Å². The van der Waals surface area contributed by atoms with Gasteiger partial charge < -0.3 is 4.90 Å². The van der Waals surface area contributed by atoms with E-state index >= 15 is 0 Å². The topological polar surface area (TPSA) is 23.6 Å². The summed E-state index contributed by atoms with van der Waals surface area (Å²) in [5.41, 5.74) is 2.79. The third-order valence-corrected chi connectivity index (χ3v) is 6.56. The fourth-order valence-corrected chi connectivity index (χ4v) is 5.15. The summed E-state index contributed by atoms with van der Waals surface area (Å²) in [4.78, 5) is 19.9. The molecule has 1 aliphatic heterocycles. The number of carbonyl (C=O) groups is 1. The van der Waals surface area contributed by atoms with E-state index in [2.05, 4.69) is 46.2 Å². The van der Waals surface area contributed by atoms with E-state index in [9.17, 15) is 4.79 Å². The molecule has 1 fully saturated rings. The molecule has 4 heteroatoms. The predicted octanol–water partition coefficient (Wildman–Crippen LogP) is 3.98. The van der Waals surface area contributed by atoms with Crippen molar-refractivity contribution in [3.8, 4) is 0 Å². The maximum Gasteiger partial charge on any atom is 0.263 e. The van der Waals surface area contributed by atoms with Crippen LogP contribution in [0.15, 0.2) is 36.4 Å². The average Bonchev–Trinajstić information content (AvgIpc) is 2.95. The van der Waals surface area contributed by atoms with E-state index in [-0.39, 0.29) is 5.91 Å². The summed E-state index contributed by atoms with van der Waals surface area (Å²) in [5.74, 6) is 0.251. The molecule has 1 aromatic carbocycles. The first kappa shape index (κ1) is 16.8. The van der Waals surface area contributed by atoms with Crippen LogP contribution in [0, 0.1) is 0 Å². The van der Waals surface area contributed by atoms with Gasteiger partial charge in [-0.1, -0.05) is 30.3 Å².